The molecule has 0 bridgehead atoms. The van der Waals surface area contributed by atoms with Crippen LogP contribution < -0.4 is 11.1 Å². The van der Waals surface area contributed by atoms with Crippen molar-refractivity contribution in [1.82, 2.24) is 10.1 Å². The van der Waals surface area contributed by atoms with Crippen molar-refractivity contribution >= 4 is 17.6 Å². The number of aryl methyl sites for hydroxylation is 1. The van der Waals surface area contributed by atoms with E-state index >= 15 is 0 Å². The molecular formula is C10H9FN4O2. The van der Waals surface area contributed by atoms with Crippen LogP contribution in [0.2, 0.25) is 0 Å². The Morgan fingerprint density at radius 1 is 1.53 bits per heavy atom. The van der Waals surface area contributed by atoms with E-state index in [0.717, 1.165) is 6.07 Å². The molecule has 0 fully saturated rings. The van der Waals surface area contributed by atoms with Gasteiger partial charge in [-0.05, 0) is 25.1 Å². The fourth-order valence-electron chi connectivity index (χ4n) is 1.19. The molecule has 7 heteroatoms. The van der Waals surface area contributed by atoms with Crippen molar-refractivity contribution in [3.8, 4) is 0 Å². The largest absolute Gasteiger partial charge is 0.396 e. The van der Waals surface area contributed by atoms with E-state index < -0.39 is 11.7 Å². The Hall–Kier alpha value is -2.44. The summed E-state index contributed by atoms with van der Waals surface area (Å²) in [6.07, 6.45) is 0. The zero-order valence-electron chi connectivity index (χ0n) is 8.90. The van der Waals surface area contributed by atoms with Crippen molar-refractivity contribution in [2.24, 2.45) is 0 Å². The van der Waals surface area contributed by atoms with Gasteiger partial charge in [-0.2, -0.15) is 4.98 Å². The number of amides is 1. The van der Waals surface area contributed by atoms with Crippen molar-refractivity contribution in [3.05, 3.63) is 35.4 Å². The number of anilines is 2. The van der Waals surface area contributed by atoms with E-state index in [1.807, 2.05) is 0 Å². The number of nitrogens with zero attached hydrogens (tertiary/aromatic N) is 2. The molecule has 0 unspecified atom stereocenters. The van der Waals surface area contributed by atoms with E-state index in [-0.39, 0.29) is 17.3 Å². The van der Waals surface area contributed by atoms with Gasteiger partial charge in [0.2, 0.25) is 0 Å². The van der Waals surface area contributed by atoms with Crippen LogP contribution in [0.1, 0.15) is 16.2 Å². The standard InChI is InChI=1S/C10H9FN4O2/c1-5-13-10(17-15-5)14-9(16)6-2-3-8(12)7(11)4-6/h2-4H,12H2,1H3,(H,13,14,15,16). The van der Waals surface area contributed by atoms with Crippen molar-refractivity contribution in [2.45, 2.75) is 6.92 Å². The van der Waals surface area contributed by atoms with Crippen LogP contribution in [0.25, 0.3) is 0 Å². The molecule has 2 aromatic rings. The van der Waals surface area contributed by atoms with Crippen LogP contribution in [0.5, 0.6) is 0 Å². The predicted octanol–water partition coefficient (Wildman–Crippen LogP) is 1.35. The Balaban J connectivity index is 2.17. The highest BCUT2D eigenvalue weighted by Crippen LogP contribution is 2.13. The average molecular weight is 236 g/mol. The maximum atomic E-state index is 13.1. The van der Waals surface area contributed by atoms with Gasteiger partial charge in [-0.1, -0.05) is 5.16 Å². The van der Waals surface area contributed by atoms with Gasteiger partial charge < -0.3 is 10.3 Å². The first kappa shape index (κ1) is 11.1. The summed E-state index contributed by atoms with van der Waals surface area (Å²) in [7, 11) is 0. The highest BCUT2D eigenvalue weighted by Gasteiger charge is 2.11. The first-order chi connectivity index (χ1) is 8.06. The third-order valence-electron chi connectivity index (χ3n) is 2.01. The van der Waals surface area contributed by atoms with E-state index in [2.05, 4.69) is 15.5 Å². The molecule has 0 saturated carbocycles. The molecule has 0 spiro atoms. The number of halogens is 1. The van der Waals surface area contributed by atoms with E-state index in [9.17, 15) is 9.18 Å². The lowest BCUT2D eigenvalue weighted by atomic mass is 10.2. The van der Waals surface area contributed by atoms with Crippen molar-refractivity contribution < 1.29 is 13.7 Å². The zero-order valence-corrected chi connectivity index (χ0v) is 8.90. The van der Waals surface area contributed by atoms with Crippen LogP contribution in [-0.2, 0) is 0 Å². The Bertz CT molecular complexity index is 567. The summed E-state index contributed by atoms with van der Waals surface area (Å²) in [6, 6.07) is 3.71. The highest BCUT2D eigenvalue weighted by atomic mass is 19.1. The minimum absolute atomic E-state index is 0.0183. The molecule has 0 aliphatic carbocycles. The molecule has 0 aliphatic rings. The fraction of sp³-hybridized carbons (Fsp3) is 0.100. The van der Waals surface area contributed by atoms with Crippen LogP contribution in [0, 0.1) is 12.7 Å². The minimum atomic E-state index is -0.653. The second-order valence-corrected chi connectivity index (χ2v) is 3.34. The number of hydrogen-bond acceptors (Lipinski definition) is 5. The number of carbonyl (C=O) groups excluding carboxylic acids is 1. The number of nitrogen functional groups attached to an aromatic ring is 1. The average Bonchev–Trinajstić information content (AvgIpc) is 2.68. The van der Waals surface area contributed by atoms with Crippen LogP contribution in [0.3, 0.4) is 0 Å². The summed E-state index contributed by atoms with van der Waals surface area (Å²) in [5, 5.41) is 5.84. The Morgan fingerprint density at radius 3 is 2.88 bits per heavy atom. The lowest BCUT2D eigenvalue weighted by Crippen LogP contribution is -2.12. The number of nitrogens with two attached hydrogens (primary N) is 1. The van der Waals surface area contributed by atoms with Gasteiger partial charge in [0, 0.05) is 5.56 Å². The summed E-state index contributed by atoms with van der Waals surface area (Å²) in [5.41, 5.74) is 5.40. The third kappa shape index (κ3) is 2.39. The second kappa shape index (κ2) is 4.20. The predicted molar refractivity (Wildman–Crippen MR) is 57.8 cm³/mol. The number of nitrogens with one attached hydrogen (secondary N) is 1. The SMILES string of the molecule is Cc1noc(NC(=O)c2ccc(N)c(F)c2)n1. The van der Waals surface area contributed by atoms with Gasteiger partial charge in [0.05, 0.1) is 5.69 Å². The molecule has 1 aromatic heterocycles. The first-order valence-electron chi connectivity index (χ1n) is 4.73. The van der Waals surface area contributed by atoms with E-state index in [4.69, 9.17) is 10.3 Å². The number of aromatic nitrogens is 2. The molecule has 0 atom stereocenters. The normalized spacial score (nSPS) is 10.2. The Kier molecular flexibility index (Phi) is 2.73. The monoisotopic (exact) mass is 236 g/mol. The molecule has 1 amide bonds. The van der Waals surface area contributed by atoms with Gasteiger partial charge in [-0.3, -0.25) is 10.1 Å². The quantitative estimate of drug-likeness (QED) is 0.767. The summed E-state index contributed by atoms with van der Waals surface area (Å²) in [6.45, 7) is 1.61. The molecule has 17 heavy (non-hydrogen) atoms. The number of rotatable bonds is 2. The van der Waals surface area contributed by atoms with Crippen molar-refractivity contribution in [3.63, 3.8) is 0 Å². The molecule has 0 aliphatic heterocycles. The van der Waals surface area contributed by atoms with E-state index in [1.54, 1.807) is 6.92 Å². The lowest BCUT2D eigenvalue weighted by molar-refractivity contribution is 0.102. The van der Waals surface area contributed by atoms with Gasteiger partial charge in [-0.25, -0.2) is 4.39 Å². The molecule has 88 valence electrons. The molecule has 1 aromatic carbocycles. The van der Waals surface area contributed by atoms with Crippen LogP contribution in [-0.4, -0.2) is 16.0 Å². The highest BCUT2D eigenvalue weighted by molar-refractivity contribution is 6.03. The van der Waals surface area contributed by atoms with E-state index in [1.165, 1.54) is 12.1 Å². The van der Waals surface area contributed by atoms with Gasteiger partial charge >= 0.3 is 6.01 Å². The van der Waals surface area contributed by atoms with Gasteiger partial charge in [0.25, 0.3) is 5.91 Å². The summed E-state index contributed by atoms with van der Waals surface area (Å²) in [4.78, 5) is 15.4. The number of carbonyl (C=O) groups is 1. The summed E-state index contributed by atoms with van der Waals surface area (Å²) < 4.78 is 17.8. The third-order valence-corrected chi connectivity index (χ3v) is 2.01. The second-order valence-electron chi connectivity index (χ2n) is 3.34. The molecule has 2 rings (SSSR count). The van der Waals surface area contributed by atoms with Gasteiger partial charge in [-0.15, -0.1) is 0 Å². The number of hydrogen-bond donors (Lipinski definition) is 2. The Labute approximate surface area is 95.6 Å². The van der Waals surface area contributed by atoms with Gasteiger partial charge in [0.1, 0.15) is 5.82 Å². The molecule has 0 saturated heterocycles. The molecular weight excluding hydrogens is 227 g/mol. The number of benzene rings is 1. The minimum Gasteiger partial charge on any atom is -0.396 e. The summed E-state index contributed by atoms with van der Waals surface area (Å²) >= 11 is 0. The lowest BCUT2D eigenvalue weighted by Gasteiger charge is -2.01. The maximum Gasteiger partial charge on any atom is 0.328 e. The van der Waals surface area contributed by atoms with Crippen LogP contribution in [0.15, 0.2) is 22.7 Å². The summed E-state index contributed by atoms with van der Waals surface area (Å²) in [5.74, 6) is -0.810. The van der Waals surface area contributed by atoms with Crippen molar-refractivity contribution in [1.29, 1.82) is 0 Å². The topological polar surface area (TPSA) is 94.0 Å². The van der Waals surface area contributed by atoms with Crippen LogP contribution in [0.4, 0.5) is 16.1 Å². The molecule has 0 radical (unpaired) electrons. The molecule has 1 heterocycles. The Morgan fingerprint density at radius 2 is 2.29 bits per heavy atom. The van der Waals surface area contributed by atoms with Crippen molar-refractivity contribution in [2.75, 3.05) is 11.1 Å². The van der Waals surface area contributed by atoms with E-state index in [0.29, 0.717) is 5.82 Å². The molecule has 3 N–H and O–H groups in total. The smallest absolute Gasteiger partial charge is 0.328 e. The van der Waals surface area contributed by atoms with Gasteiger partial charge in [0.15, 0.2) is 5.82 Å². The maximum absolute atomic E-state index is 13.1. The zero-order chi connectivity index (χ0) is 12.4. The molecule has 6 nitrogen and oxygen atoms in total. The van der Waals surface area contributed by atoms with Crippen LogP contribution >= 0.6 is 0 Å². The fourth-order valence-corrected chi connectivity index (χ4v) is 1.19. The first-order valence-corrected chi connectivity index (χ1v) is 4.73.